The van der Waals surface area contributed by atoms with E-state index in [0.29, 0.717) is 6.07 Å². The van der Waals surface area contributed by atoms with Gasteiger partial charge < -0.3 is 34.7 Å². The van der Waals surface area contributed by atoms with Crippen LogP contribution in [0.25, 0.3) is 0 Å². The standard InChI is InChI=1S/C33H39F4N5O7/c1-7-48-28(44)26(22-14-13-21(15-23(22)34)33(35,36)37)42-16-25(38-19-42)40-27(43)24(18-47-17-20-11-9-8-10-12-20)39-29(45)32(5,6)41-30(46)49-31(2,3)4/h8-16,19,24,26H,7,17-18H2,1-6H3,(H,39,45)(H,40,43)(H,41,46). The highest BCUT2D eigenvalue weighted by Crippen LogP contribution is 2.33. The van der Waals surface area contributed by atoms with E-state index in [9.17, 15) is 36.7 Å². The van der Waals surface area contributed by atoms with Gasteiger partial charge in [-0.2, -0.15) is 13.2 Å². The normalized spacial score (nSPS) is 13.2. The SMILES string of the molecule is CCOC(=O)C(c1ccc(C(F)(F)F)cc1F)n1cnc(NC(=O)C(COCc2ccccc2)NC(=O)C(C)(C)NC(=O)OC(C)(C)C)c1. The van der Waals surface area contributed by atoms with Crippen molar-refractivity contribution in [2.75, 3.05) is 18.5 Å². The minimum absolute atomic E-state index is 0.0918. The molecule has 0 saturated heterocycles. The van der Waals surface area contributed by atoms with Crippen LogP contribution in [0.15, 0.2) is 61.1 Å². The topological polar surface area (TPSA) is 150 Å². The molecule has 266 valence electrons. The molecule has 0 bridgehead atoms. The van der Waals surface area contributed by atoms with Crippen LogP contribution in [0, 0.1) is 5.82 Å². The lowest BCUT2D eigenvalue weighted by atomic mass is 10.0. The Hall–Kier alpha value is -4.99. The van der Waals surface area contributed by atoms with Crippen LogP contribution in [-0.4, -0.2) is 63.8 Å². The molecule has 3 amide bonds. The van der Waals surface area contributed by atoms with Crippen molar-refractivity contribution in [3.63, 3.8) is 0 Å². The molecule has 0 aliphatic rings. The number of nitrogens with one attached hydrogen (secondary N) is 3. The summed E-state index contributed by atoms with van der Waals surface area (Å²) in [6.07, 6.45) is -3.47. The van der Waals surface area contributed by atoms with E-state index in [-0.39, 0.29) is 31.7 Å². The number of esters is 1. The van der Waals surface area contributed by atoms with E-state index in [0.717, 1.165) is 28.7 Å². The first kappa shape index (κ1) is 38.5. The van der Waals surface area contributed by atoms with Gasteiger partial charge in [-0.25, -0.2) is 19.0 Å². The van der Waals surface area contributed by atoms with E-state index < -0.39 is 70.2 Å². The van der Waals surface area contributed by atoms with Crippen LogP contribution in [0.2, 0.25) is 0 Å². The first-order valence-electron chi connectivity index (χ1n) is 15.1. The number of ether oxygens (including phenoxy) is 3. The van der Waals surface area contributed by atoms with Gasteiger partial charge in [0.2, 0.25) is 5.91 Å². The minimum Gasteiger partial charge on any atom is -0.464 e. The van der Waals surface area contributed by atoms with Crippen LogP contribution >= 0.6 is 0 Å². The first-order valence-corrected chi connectivity index (χ1v) is 15.1. The van der Waals surface area contributed by atoms with Gasteiger partial charge in [0.1, 0.15) is 23.0 Å². The first-order chi connectivity index (χ1) is 22.8. The van der Waals surface area contributed by atoms with Gasteiger partial charge in [0.05, 0.1) is 31.7 Å². The fourth-order valence-corrected chi connectivity index (χ4v) is 4.32. The summed E-state index contributed by atoms with van der Waals surface area (Å²) in [5, 5.41) is 7.50. The number of amides is 3. The summed E-state index contributed by atoms with van der Waals surface area (Å²) in [5.41, 5.74) is -3.26. The number of imidazole rings is 1. The molecule has 12 nitrogen and oxygen atoms in total. The van der Waals surface area contributed by atoms with Crippen LogP contribution in [0.5, 0.6) is 0 Å². The van der Waals surface area contributed by atoms with Gasteiger partial charge in [-0.15, -0.1) is 0 Å². The van der Waals surface area contributed by atoms with Crippen molar-refractivity contribution in [2.45, 2.75) is 77.5 Å². The summed E-state index contributed by atoms with van der Waals surface area (Å²) in [7, 11) is 0. The third kappa shape index (κ3) is 11.3. The zero-order chi connectivity index (χ0) is 36.6. The van der Waals surface area contributed by atoms with Crippen LogP contribution in [-0.2, 0) is 41.4 Å². The maximum absolute atomic E-state index is 15.0. The molecule has 3 aromatic rings. The van der Waals surface area contributed by atoms with E-state index >= 15 is 0 Å². The van der Waals surface area contributed by atoms with Gasteiger partial charge in [0.15, 0.2) is 11.9 Å². The Balaban J connectivity index is 1.84. The highest BCUT2D eigenvalue weighted by Gasteiger charge is 2.36. The minimum atomic E-state index is -4.82. The Morgan fingerprint density at radius 3 is 2.24 bits per heavy atom. The highest BCUT2D eigenvalue weighted by molar-refractivity contribution is 5.98. The number of hydrogen-bond donors (Lipinski definition) is 3. The average molecular weight is 694 g/mol. The zero-order valence-electron chi connectivity index (χ0n) is 27.8. The number of aromatic nitrogens is 2. The van der Waals surface area contributed by atoms with E-state index in [1.165, 1.54) is 20.8 Å². The molecule has 0 spiro atoms. The molecule has 0 aliphatic heterocycles. The predicted octanol–water partition coefficient (Wildman–Crippen LogP) is 5.14. The molecular formula is C33H39F4N5O7. The van der Waals surface area contributed by atoms with Crippen LogP contribution in [0.4, 0.5) is 28.2 Å². The molecule has 1 aromatic heterocycles. The summed E-state index contributed by atoms with van der Waals surface area (Å²) < 4.78 is 71.4. The monoisotopic (exact) mass is 693 g/mol. The van der Waals surface area contributed by atoms with Crippen molar-refractivity contribution in [1.82, 2.24) is 20.2 Å². The molecule has 3 rings (SSSR count). The molecule has 0 radical (unpaired) electrons. The number of alkyl carbamates (subject to hydrolysis) is 1. The maximum atomic E-state index is 15.0. The van der Waals surface area contributed by atoms with Crippen molar-refractivity contribution in [2.24, 2.45) is 0 Å². The molecule has 1 heterocycles. The second-order valence-corrected chi connectivity index (χ2v) is 12.4. The lowest BCUT2D eigenvalue weighted by Crippen LogP contribution is -2.59. The van der Waals surface area contributed by atoms with E-state index in [2.05, 4.69) is 20.9 Å². The molecule has 3 N–H and O–H groups in total. The Kier molecular flexibility index (Phi) is 12.5. The largest absolute Gasteiger partial charge is 0.464 e. The Morgan fingerprint density at radius 1 is 0.980 bits per heavy atom. The number of rotatable bonds is 13. The predicted molar refractivity (Wildman–Crippen MR) is 169 cm³/mol. The number of alkyl halides is 3. The number of hydrogen-bond acceptors (Lipinski definition) is 8. The average Bonchev–Trinajstić information content (AvgIpc) is 3.44. The lowest BCUT2D eigenvalue weighted by Gasteiger charge is -2.29. The number of halogens is 4. The Morgan fingerprint density at radius 2 is 1.65 bits per heavy atom. The summed E-state index contributed by atoms with van der Waals surface area (Å²) in [4.78, 5) is 56.0. The number of carbonyl (C=O) groups excluding carboxylic acids is 4. The van der Waals surface area contributed by atoms with E-state index in [1.54, 1.807) is 45.0 Å². The molecule has 16 heteroatoms. The zero-order valence-corrected chi connectivity index (χ0v) is 27.8. The second kappa shape index (κ2) is 15.9. The van der Waals surface area contributed by atoms with Gasteiger partial charge in [-0.3, -0.25) is 9.59 Å². The molecular weight excluding hydrogens is 654 g/mol. The van der Waals surface area contributed by atoms with Crippen LogP contribution < -0.4 is 16.0 Å². The van der Waals surface area contributed by atoms with Crippen LogP contribution in [0.1, 0.15) is 64.3 Å². The van der Waals surface area contributed by atoms with Gasteiger partial charge in [-0.05, 0) is 59.2 Å². The van der Waals surface area contributed by atoms with Crippen molar-refractivity contribution < 1.29 is 51.0 Å². The number of benzene rings is 2. The van der Waals surface area contributed by atoms with E-state index in [1.807, 2.05) is 6.07 Å². The number of anilines is 1. The summed E-state index contributed by atoms with van der Waals surface area (Å²) in [6.45, 7) is 8.93. The summed E-state index contributed by atoms with van der Waals surface area (Å²) >= 11 is 0. The van der Waals surface area contributed by atoms with Gasteiger partial charge in [0, 0.05) is 11.8 Å². The second-order valence-electron chi connectivity index (χ2n) is 12.4. The van der Waals surface area contributed by atoms with Gasteiger partial charge >= 0.3 is 18.2 Å². The van der Waals surface area contributed by atoms with Gasteiger partial charge in [0.25, 0.3) is 5.91 Å². The Labute approximate surface area is 280 Å². The molecule has 0 aliphatic carbocycles. The quantitative estimate of drug-likeness (QED) is 0.165. The summed E-state index contributed by atoms with van der Waals surface area (Å²) in [5.74, 6) is -4.02. The third-order valence-corrected chi connectivity index (χ3v) is 6.68. The van der Waals surface area contributed by atoms with Crippen molar-refractivity contribution in [3.8, 4) is 0 Å². The molecule has 0 fully saturated rings. The Bertz CT molecular complexity index is 1620. The van der Waals surface area contributed by atoms with Crippen molar-refractivity contribution in [1.29, 1.82) is 0 Å². The van der Waals surface area contributed by atoms with Crippen LogP contribution in [0.3, 0.4) is 0 Å². The van der Waals surface area contributed by atoms with E-state index in [4.69, 9.17) is 14.2 Å². The molecule has 2 aromatic carbocycles. The molecule has 0 saturated carbocycles. The van der Waals surface area contributed by atoms with Crippen molar-refractivity contribution in [3.05, 3.63) is 83.6 Å². The fraction of sp³-hybridized carbons (Fsp3) is 0.424. The highest BCUT2D eigenvalue weighted by atomic mass is 19.4. The fourth-order valence-electron chi connectivity index (χ4n) is 4.32. The third-order valence-electron chi connectivity index (χ3n) is 6.68. The van der Waals surface area contributed by atoms with Gasteiger partial charge in [-0.1, -0.05) is 36.4 Å². The maximum Gasteiger partial charge on any atom is 0.416 e. The van der Waals surface area contributed by atoms with Crippen molar-refractivity contribution >= 4 is 29.7 Å². The molecule has 2 atom stereocenters. The lowest BCUT2D eigenvalue weighted by molar-refractivity contribution is -0.145. The molecule has 49 heavy (non-hydrogen) atoms. The summed E-state index contributed by atoms with van der Waals surface area (Å²) in [6, 6.07) is 7.80. The number of carbonyl (C=O) groups is 4. The number of nitrogens with zero attached hydrogens (tertiary/aromatic N) is 2. The smallest absolute Gasteiger partial charge is 0.416 e. The molecule has 2 unspecified atom stereocenters.